The summed E-state index contributed by atoms with van der Waals surface area (Å²) in [6.07, 6.45) is 3.52. The van der Waals surface area contributed by atoms with E-state index in [1.807, 2.05) is 12.1 Å². The van der Waals surface area contributed by atoms with E-state index >= 15 is 0 Å². The van der Waals surface area contributed by atoms with Crippen LogP contribution in [0.2, 0.25) is 0 Å². The first-order valence-electron chi connectivity index (χ1n) is 7.81. The summed E-state index contributed by atoms with van der Waals surface area (Å²) in [6.45, 7) is 5.55. The molecular weight excluding hydrogens is 284 g/mol. The predicted octanol–water partition coefficient (Wildman–Crippen LogP) is 2.43. The van der Waals surface area contributed by atoms with Gasteiger partial charge in [-0.25, -0.2) is 8.42 Å². The Balaban J connectivity index is 2.18. The summed E-state index contributed by atoms with van der Waals surface area (Å²) in [7, 11) is -3.12. The fraction of sp³-hybridized carbons (Fsp3) is 0.625. The lowest BCUT2D eigenvalue weighted by atomic mass is 9.88. The number of hydrogen-bond acceptors (Lipinski definition) is 4. The van der Waals surface area contributed by atoms with E-state index in [0.29, 0.717) is 17.5 Å². The van der Waals surface area contributed by atoms with Gasteiger partial charge in [-0.05, 0) is 43.0 Å². The van der Waals surface area contributed by atoms with Crippen molar-refractivity contribution in [1.82, 2.24) is 0 Å². The van der Waals surface area contributed by atoms with Crippen LogP contribution in [0.3, 0.4) is 0 Å². The Labute approximate surface area is 128 Å². The minimum Gasteiger partial charge on any atom is -0.367 e. The Kier molecular flexibility index (Phi) is 5.27. The molecule has 0 amide bonds. The summed E-state index contributed by atoms with van der Waals surface area (Å²) in [5, 5.41) is 0. The van der Waals surface area contributed by atoms with Gasteiger partial charge in [0, 0.05) is 24.8 Å². The Morgan fingerprint density at radius 3 is 2.43 bits per heavy atom. The Morgan fingerprint density at radius 2 is 1.90 bits per heavy atom. The number of hydrogen-bond donors (Lipinski definition) is 1. The van der Waals surface area contributed by atoms with Gasteiger partial charge in [-0.1, -0.05) is 20.3 Å². The van der Waals surface area contributed by atoms with Crippen LogP contribution in [0.1, 0.15) is 33.1 Å². The molecule has 1 saturated heterocycles. The number of benzene rings is 1. The van der Waals surface area contributed by atoms with Crippen LogP contribution in [-0.2, 0) is 9.84 Å². The van der Waals surface area contributed by atoms with Crippen LogP contribution in [0.4, 0.5) is 5.69 Å². The van der Waals surface area contributed by atoms with Crippen LogP contribution in [0.25, 0.3) is 0 Å². The lowest BCUT2D eigenvalue weighted by Gasteiger charge is -2.40. The maximum atomic E-state index is 11.9. The number of sulfone groups is 1. The van der Waals surface area contributed by atoms with Crippen LogP contribution < -0.4 is 10.6 Å². The van der Waals surface area contributed by atoms with Gasteiger partial charge < -0.3 is 10.6 Å². The van der Waals surface area contributed by atoms with Gasteiger partial charge in [-0.15, -0.1) is 0 Å². The lowest BCUT2D eigenvalue weighted by Crippen LogP contribution is -2.46. The molecule has 2 unspecified atom stereocenters. The van der Waals surface area contributed by atoms with Crippen LogP contribution >= 0.6 is 0 Å². The minimum absolute atomic E-state index is 0.139. The van der Waals surface area contributed by atoms with Crippen molar-refractivity contribution in [3.8, 4) is 0 Å². The average molecular weight is 310 g/mol. The van der Waals surface area contributed by atoms with Crippen molar-refractivity contribution in [2.75, 3.05) is 23.7 Å². The summed E-state index contributed by atoms with van der Waals surface area (Å²) in [4.78, 5) is 2.73. The Bertz CT molecular complexity index is 554. The highest BCUT2D eigenvalue weighted by molar-refractivity contribution is 7.91. The highest BCUT2D eigenvalue weighted by atomic mass is 32.2. The zero-order valence-corrected chi connectivity index (χ0v) is 13.8. The lowest BCUT2D eigenvalue weighted by molar-refractivity contribution is 0.336. The smallest absolute Gasteiger partial charge is 0.178 e. The quantitative estimate of drug-likeness (QED) is 0.907. The first kappa shape index (κ1) is 16.3. The number of rotatable bonds is 5. The summed E-state index contributed by atoms with van der Waals surface area (Å²) >= 11 is 0. The molecule has 2 rings (SSSR count). The maximum absolute atomic E-state index is 11.9. The van der Waals surface area contributed by atoms with Gasteiger partial charge in [-0.2, -0.15) is 0 Å². The molecule has 118 valence electrons. The van der Waals surface area contributed by atoms with Crippen LogP contribution in [0, 0.1) is 5.92 Å². The van der Waals surface area contributed by atoms with Gasteiger partial charge in [0.1, 0.15) is 0 Å². The molecule has 2 atom stereocenters. The van der Waals surface area contributed by atoms with E-state index in [-0.39, 0.29) is 5.75 Å². The largest absolute Gasteiger partial charge is 0.367 e. The first-order chi connectivity index (χ1) is 10.0. The van der Waals surface area contributed by atoms with E-state index in [1.54, 1.807) is 19.1 Å². The molecule has 0 saturated carbocycles. The standard InChI is InChI=1S/C16H26N2O2S/c1-3-13-9-10-18(15(11-13)12-17)14-5-7-16(8-6-14)21(19,20)4-2/h5-8,13,15H,3-4,9-12,17H2,1-2H3. The first-order valence-corrected chi connectivity index (χ1v) is 9.46. The van der Waals surface area contributed by atoms with E-state index in [0.717, 1.165) is 24.6 Å². The second-order valence-corrected chi connectivity index (χ2v) is 8.06. The number of nitrogens with two attached hydrogens (primary N) is 1. The molecule has 0 bridgehead atoms. The maximum Gasteiger partial charge on any atom is 0.178 e. The van der Waals surface area contributed by atoms with Crippen molar-refractivity contribution in [2.45, 2.75) is 44.0 Å². The molecule has 0 aromatic heterocycles. The van der Waals surface area contributed by atoms with Gasteiger partial charge in [0.15, 0.2) is 9.84 Å². The van der Waals surface area contributed by atoms with Gasteiger partial charge in [-0.3, -0.25) is 0 Å². The van der Waals surface area contributed by atoms with Crippen LogP contribution in [-0.4, -0.2) is 33.3 Å². The topological polar surface area (TPSA) is 63.4 Å². The van der Waals surface area contributed by atoms with Crippen molar-refractivity contribution in [1.29, 1.82) is 0 Å². The van der Waals surface area contributed by atoms with Crippen LogP contribution in [0.15, 0.2) is 29.2 Å². The summed E-state index contributed by atoms with van der Waals surface area (Å²) in [6, 6.07) is 7.62. The molecule has 0 spiro atoms. The van der Waals surface area contributed by atoms with E-state index < -0.39 is 9.84 Å². The van der Waals surface area contributed by atoms with E-state index in [1.165, 1.54) is 12.8 Å². The number of anilines is 1. The van der Waals surface area contributed by atoms with E-state index in [9.17, 15) is 8.42 Å². The molecule has 1 fully saturated rings. The number of nitrogens with zero attached hydrogens (tertiary/aromatic N) is 1. The van der Waals surface area contributed by atoms with E-state index in [2.05, 4.69) is 11.8 Å². The third kappa shape index (κ3) is 3.58. The molecular formula is C16H26N2O2S. The SMILES string of the molecule is CCC1CCN(c2ccc(S(=O)(=O)CC)cc2)C(CN)C1. The fourth-order valence-electron chi connectivity index (χ4n) is 3.08. The Morgan fingerprint density at radius 1 is 1.24 bits per heavy atom. The number of piperidine rings is 1. The van der Waals surface area contributed by atoms with Gasteiger partial charge in [0.2, 0.25) is 0 Å². The summed E-state index contributed by atoms with van der Waals surface area (Å²) in [5.41, 5.74) is 7.01. The summed E-state index contributed by atoms with van der Waals surface area (Å²) in [5.74, 6) is 0.897. The van der Waals surface area contributed by atoms with Crippen molar-refractivity contribution < 1.29 is 8.42 Å². The zero-order chi connectivity index (χ0) is 15.5. The normalized spacial score (nSPS) is 23.3. The van der Waals surface area contributed by atoms with E-state index in [4.69, 9.17) is 5.73 Å². The second-order valence-electron chi connectivity index (χ2n) is 5.78. The third-order valence-corrected chi connectivity index (χ3v) is 6.33. The average Bonchev–Trinajstić information content (AvgIpc) is 2.54. The second kappa shape index (κ2) is 6.79. The minimum atomic E-state index is -3.12. The molecule has 21 heavy (non-hydrogen) atoms. The molecule has 4 nitrogen and oxygen atoms in total. The van der Waals surface area contributed by atoms with Crippen molar-refractivity contribution >= 4 is 15.5 Å². The molecule has 1 aliphatic heterocycles. The van der Waals surface area contributed by atoms with Crippen molar-refractivity contribution in [2.24, 2.45) is 11.7 Å². The molecule has 1 aromatic carbocycles. The molecule has 1 heterocycles. The molecule has 1 aromatic rings. The highest BCUT2D eigenvalue weighted by Crippen LogP contribution is 2.30. The van der Waals surface area contributed by atoms with Crippen molar-refractivity contribution in [3.63, 3.8) is 0 Å². The van der Waals surface area contributed by atoms with Crippen molar-refractivity contribution in [3.05, 3.63) is 24.3 Å². The predicted molar refractivity (Wildman–Crippen MR) is 87.4 cm³/mol. The molecule has 0 aliphatic carbocycles. The summed E-state index contributed by atoms with van der Waals surface area (Å²) < 4.78 is 23.7. The van der Waals surface area contributed by atoms with Gasteiger partial charge in [0.25, 0.3) is 0 Å². The van der Waals surface area contributed by atoms with Gasteiger partial charge >= 0.3 is 0 Å². The van der Waals surface area contributed by atoms with Gasteiger partial charge in [0.05, 0.1) is 10.6 Å². The van der Waals surface area contributed by atoms with Crippen LogP contribution in [0.5, 0.6) is 0 Å². The Hall–Kier alpha value is -1.07. The fourth-order valence-corrected chi connectivity index (χ4v) is 3.96. The third-order valence-electron chi connectivity index (χ3n) is 4.58. The zero-order valence-electron chi connectivity index (χ0n) is 13.0. The molecule has 1 aliphatic rings. The monoisotopic (exact) mass is 310 g/mol. The molecule has 2 N–H and O–H groups in total. The molecule has 5 heteroatoms. The highest BCUT2D eigenvalue weighted by Gasteiger charge is 2.27. The molecule has 0 radical (unpaired) electrons.